The minimum Gasteiger partial charge on any atom is -0.383 e. The van der Waals surface area contributed by atoms with E-state index in [4.69, 9.17) is 9.47 Å². The van der Waals surface area contributed by atoms with Crippen molar-refractivity contribution in [2.75, 3.05) is 33.4 Å². The van der Waals surface area contributed by atoms with E-state index in [0.29, 0.717) is 0 Å². The van der Waals surface area contributed by atoms with Crippen LogP contribution in [0.5, 0.6) is 0 Å². The van der Waals surface area contributed by atoms with Crippen molar-refractivity contribution in [3.63, 3.8) is 0 Å². The third kappa shape index (κ3) is 6.16. The topological polar surface area (TPSA) is 30.5 Å². The van der Waals surface area contributed by atoms with Crippen molar-refractivity contribution in [3.8, 4) is 0 Å². The summed E-state index contributed by atoms with van der Waals surface area (Å²) in [7, 11) is 1.74. The Morgan fingerprint density at radius 3 is 2.43 bits per heavy atom. The lowest BCUT2D eigenvalue weighted by molar-refractivity contribution is 0.0625. The molecular formula is C18H31NO2. The summed E-state index contributed by atoms with van der Waals surface area (Å²) in [6.45, 7) is 9.83. The molecule has 3 nitrogen and oxygen atoms in total. The van der Waals surface area contributed by atoms with E-state index < -0.39 is 0 Å². The van der Waals surface area contributed by atoms with E-state index in [2.05, 4.69) is 56.4 Å². The first kappa shape index (κ1) is 18.1. The molecule has 0 aliphatic rings. The Balaban J connectivity index is 2.74. The van der Waals surface area contributed by atoms with Gasteiger partial charge in [-0.1, -0.05) is 37.3 Å². The highest BCUT2D eigenvalue weighted by Gasteiger charge is 2.29. The van der Waals surface area contributed by atoms with Crippen LogP contribution >= 0.6 is 0 Å². The summed E-state index contributed by atoms with van der Waals surface area (Å²) in [5, 5.41) is 3.53. The van der Waals surface area contributed by atoms with Crippen molar-refractivity contribution >= 4 is 0 Å². The second-order valence-electron chi connectivity index (χ2n) is 5.84. The number of nitrogens with one attached hydrogen (secondary N) is 1. The van der Waals surface area contributed by atoms with Gasteiger partial charge < -0.3 is 14.8 Å². The lowest BCUT2D eigenvalue weighted by Gasteiger charge is -2.34. The summed E-state index contributed by atoms with van der Waals surface area (Å²) < 4.78 is 10.9. The third-order valence-electron chi connectivity index (χ3n) is 4.04. The number of methoxy groups -OCH3 is 1. The van der Waals surface area contributed by atoms with E-state index in [9.17, 15) is 0 Å². The molecule has 21 heavy (non-hydrogen) atoms. The molecule has 1 aromatic rings. The van der Waals surface area contributed by atoms with Gasteiger partial charge in [0.1, 0.15) is 0 Å². The summed E-state index contributed by atoms with van der Waals surface area (Å²) in [5.41, 5.74) is 1.52. The fourth-order valence-electron chi connectivity index (χ4n) is 2.62. The summed E-state index contributed by atoms with van der Waals surface area (Å²) in [4.78, 5) is 0. The molecule has 0 aliphatic carbocycles. The van der Waals surface area contributed by atoms with Gasteiger partial charge in [0, 0.05) is 32.2 Å². The van der Waals surface area contributed by atoms with Crippen LogP contribution in [0.3, 0.4) is 0 Å². The molecule has 1 atom stereocenters. The Bertz CT molecular complexity index is 367. The minimum atomic E-state index is 0.129. The van der Waals surface area contributed by atoms with E-state index in [-0.39, 0.29) is 11.5 Å². The lowest BCUT2D eigenvalue weighted by atomic mass is 9.75. The van der Waals surface area contributed by atoms with E-state index in [1.54, 1.807) is 7.11 Å². The summed E-state index contributed by atoms with van der Waals surface area (Å²) in [6, 6.07) is 10.8. The molecular weight excluding hydrogens is 262 g/mol. The van der Waals surface area contributed by atoms with Gasteiger partial charge in [0.25, 0.3) is 0 Å². The lowest BCUT2D eigenvalue weighted by Crippen LogP contribution is -2.40. The number of hydrogen-bond acceptors (Lipinski definition) is 3. The normalized spacial score (nSPS) is 14.3. The third-order valence-corrected chi connectivity index (χ3v) is 4.04. The van der Waals surface area contributed by atoms with Gasteiger partial charge in [-0.25, -0.2) is 0 Å². The van der Waals surface area contributed by atoms with Gasteiger partial charge in [0.15, 0.2) is 0 Å². The molecule has 0 saturated carbocycles. The van der Waals surface area contributed by atoms with Crippen LogP contribution in [0.1, 0.15) is 39.2 Å². The van der Waals surface area contributed by atoms with Crippen molar-refractivity contribution < 1.29 is 9.47 Å². The number of ether oxygens (including phenoxy) is 2. The Morgan fingerprint density at radius 1 is 1.14 bits per heavy atom. The zero-order chi connectivity index (χ0) is 15.6. The van der Waals surface area contributed by atoms with Crippen LogP contribution in [0.15, 0.2) is 30.3 Å². The molecule has 0 fully saturated rings. The molecule has 0 heterocycles. The van der Waals surface area contributed by atoms with Gasteiger partial charge in [-0.15, -0.1) is 0 Å². The Kier molecular flexibility index (Phi) is 8.58. The molecule has 0 aromatic heterocycles. The number of rotatable bonds is 11. The first-order valence-corrected chi connectivity index (χ1v) is 8.01. The van der Waals surface area contributed by atoms with Crippen LogP contribution in [-0.4, -0.2) is 39.5 Å². The zero-order valence-electron chi connectivity index (χ0n) is 14.0. The van der Waals surface area contributed by atoms with Crippen molar-refractivity contribution in [1.82, 2.24) is 5.32 Å². The molecule has 0 spiro atoms. The smallest absolute Gasteiger partial charge is 0.0587 e. The summed E-state index contributed by atoms with van der Waals surface area (Å²) in [5.74, 6) is 0. The zero-order valence-corrected chi connectivity index (χ0v) is 14.0. The highest BCUT2D eigenvalue weighted by atomic mass is 16.5. The second kappa shape index (κ2) is 9.93. The molecule has 1 N–H and O–H groups in total. The highest BCUT2D eigenvalue weighted by Crippen LogP contribution is 2.31. The van der Waals surface area contributed by atoms with Crippen LogP contribution in [-0.2, 0) is 14.9 Å². The van der Waals surface area contributed by atoms with Crippen molar-refractivity contribution in [1.29, 1.82) is 0 Å². The van der Waals surface area contributed by atoms with E-state index in [1.807, 2.05) is 0 Å². The molecule has 1 unspecified atom stereocenters. The van der Waals surface area contributed by atoms with Crippen LogP contribution in [0.25, 0.3) is 0 Å². The predicted octanol–water partition coefficient (Wildman–Crippen LogP) is 3.39. The monoisotopic (exact) mass is 293 g/mol. The average Bonchev–Trinajstić information content (AvgIpc) is 2.50. The van der Waals surface area contributed by atoms with Crippen molar-refractivity contribution in [2.45, 2.75) is 45.1 Å². The first-order chi connectivity index (χ1) is 10.1. The van der Waals surface area contributed by atoms with Crippen molar-refractivity contribution in [3.05, 3.63) is 35.9 Å². The standard InChI is InChI=1S/C18H31NO2/c1-5-18(11-13-21-16(2)3,15-19-12-14-20-4)17-9-7-6-8-10-17/h6-10,16,19H,5,11-15H2,1-4H3. The molecule has 0 amide bonds. The largest absolute Gasteiger partial charge is 0.383 e. The summed E-state index contributed by atoms with van der Waals surface area (Å²) >= 11 is 0. The maximum atomic E-state index is 5.80. The van der Waals surface area contributed by atoms with Crippen LogP contribution in [0.2, 0.25) is 0 Å². The Morgan fingerprint density at radius 2 is 1.86 bits per heavy atom. The number of hydrogen-bond donors (Lipinski definition) is 1. The van der Waals surface area contributed by atoms with Gasteiger partial charge in [0.2, 0.25) is 0 Å². The molecule has 120 valence electrons. The van der Waals surface area contributed by atoms with Gasteiger partial charge >= 0.3 is 0 Å². The quantitative estimate of drug-likeness (QED) is 0.634. The van der Waals surface area contributed by atoms with Gasteiger partial charge in [-0.05, 0) is 32.3 Å². The molecule has 0 bridgehead atoms. The fourth-order valence-corrected chi connectivity index (χ4v) is 2.62. The fraction of sp³-hybridized carbons (Fsp3) is 0.667. The highest BCUT2D eigenvalue weighted by molar-refractivity contribution is 5.26. The van der Waals surface area contributed by atoms with E-state index in [0.717, 1.165) is 39.1 Å². The van der Waals surface area contributed by atoms with Crippen LogP contribution in [0, 0.1) is 0 Å². The average molecular weight is 293 g/mol. The van der Waals surface area contributed by atoms with Gasteiger partial charge in [-0.2, -0.15) is 0 Å². The van der Waals surface area contributed by atoms with Crippen LogP contribution in [0.4, 0.5) is 0 Å². The summed E-state index contributed by atoms with van der Waals surface area (Å²) in [6.07, 6.45) is 2.42. The molecule has 3 heteroatoms. The Labute approximate surface area is 130 Å². The first-order valence-electron chi connectivity index (χ1n) is 8.01. The number of benzene rings is 1. The SMILES string of the molecule is CCC(CCOC(C)C)(CNCCOC)c1ccccc1. The Hall–Kier alpha value is -0.900. The second-order valence-corrected chi connectivity index (χ2v) is 5.84. The predicted molar refractivity (Wildman–Crippen MR) is 88.9 cm³/mol. The van der Waals surface area contributed by atoms with E-state index in [1.165, 1.54) is 5.56 Å². The maximum Gasteiger partial charge on any atom is 0.0587 e. The van der Waals surface area contributed by atoms with E-state index >= 15 is 0 Å². The molecule has 0 radical (unpaired) electrons. The molecule has 0 saturated heterocycles. The molecule has 1 rings (SSSR count). The molecule has 1 aromatic carbocycles. The minimum absolute atomic E-state index is 0.129. The van der Waals surface area contributed by atoms with Crippen molar-refractivity contribution in [2.24, 2.45) is 0 Å². The maximum absolute atomic E-state index is 5.80. The van der Waals surface area contributed by atoms with Crippen LogP contribution < -0.4 is 5.32 Å². The molecule has 0 aliphatic heterocycles. The van der Waals surface area contributed by atoms with Gasteiger partial charge in [0.05, 0.1) is 12.7 Å². The van der Waals surface area contributed by atoms with Gasteiger partial charge in [-0.3, -0.25) is 0 Å².